The molecule has 0 bridgehead atoms. The summed E-state index contributed by atoms with van der Waals surface area (Å²) in [5, 5.41) is 18.1. The Morgan fingerprint density at radius 3 is 2.39 bits per heavy atom. The number of aromatic amines is 1. The first kappa shape index (κ1) is 22.6. The smallest absolute Gasteiger partial charge is 0.295 e. The standard InChI is InChI=1S/C23H30N4O4/c1-13(2)31-17-9-7-16(8-10-17)20-19(21(28)18-14(3)24-25-15(18)4)22(29)23(30)27(20)12-11-26(5)6/h7-10,13,20,28H,11-12H2,1-6H3,(H,24,25). The first-order chi connectivity index (χ1) is 14.6. The number of aliphatic hydroxyl groups is 1. The lowest BCUT2D eigenvalue weighted by molar-refractivity contribution is -0.140. The first-order valence-corrected chi connectivity index (χ1v) is 10.3. The predicted octanol–water partition coefficient (Wildman–Crippen LogP) is 2.80. The van der Waals surface area contributed by atoms with Gasteiger partial charge >= 0.3 is 0 Å². The summed E-state index contributed by atoms with van der Waals surface area (Å²) in [7, 11) is 3.81. The summed E-state index contributed by atoms with van der Waals surface area (Å²) in [6.45, 7) is 8.34. The zero-order valence-corrected chi connectivity index (χ0v) is 18.9. The second kappa shape index (κ2) is 8.93. The molecule has 1 saturated heterocycles. The van der Waals surface area contributed by atoms with Crippen molar-refractivity contribution in [2.24, 2.45) is 0 Å². The fraction of sp³-hybridized carbons (Fsp3) is 0.435. The maximum Gasteiger partial charge on any atom is 0.295 e. The number of likely N-dealkylation sites (N-methyl/N-ethyl adjacent to an activating group) is 1. The Hall–Kier alpha value is -3.13. The molecule has 2 heterocycles. The molecule has 1 amide bonds. The van der Waals surface area contributed by atoms with Crippen molar-refractivity contribution >= 4 is 17.4 Å². The fourth-order valence-electron chi connectivity index (χ4n) is 3.80. The number of hydrogen-bond acceptors (Lipinski definition) is 6. The Morgan fingerprint density at radius 2 is 1.87 bits per heavy atom. The van der Waals surface area contributed by atoms with E-state index in [1.807, 2.05) is 57.1 Å². The SMILES string of the molecule is Cc1n[nH]c(C)c1C(O)=C1C(=O)C(=O)N(CCN(C)C)C1c1ccc(OC(C)C)cc1. The van der Waals surface area contributed by atoms with Crippen LogP contribution in [0.4, 0.5) is 0 Å². The third-order valence-electron chi connectivity index (χ3n) is 5.26. The molecule has 1 aliphatic rings. The number of amides is 1. The molecule has 31 heavy (non-hydrogen) atoms. The van der Waals surface area contributed by atoms with Crippen molar-refractivity contribution in [2.45, 2.75) is 39.8 Å². The molecule has 1 atom stereocenters. The van der Waals surface area contributed by atoms with Crippen LogP contribution in [0.2, 0.25) is 0 Å². The quantitative estimate of drug-likeness (QED) is 0.401. The third-order valence-corrected chi connectivity index (χ3v) is 5.26. The molecule has 8 nitrogen and oxygen atoms in total. The minimum absolute atomic E-state index is 0.0311. The Balaban J connectivity index is 2.12. The second-order valence-electron chi connectivity index (χ2n) is 8.34. The van der Waals surface area contributed by atoms with E-state index in [2.05, 4.69) is 10.2 Å². The lowest BCUT2D eigenvalue weighted by atomic mass is 9.94. The van der Waals surface area contributed by atoms with Crippen LogP contribution in [-0.4, -0.2) is 70.1 Å². The molecule has 1 aliphatic heterocycles. The van der Waals surface area contributed by atoms with Gasteiger partial charge in [-0.1, -0.05) is 12.1 Å². The number of nitrogens with zero attached hydrogens (tertiary/aromatic N) is 3. The van der Waals surface area contributed by atoms with Gasteiger partial charge in [-0.25, -0.2) is 0 Å². The van der Waals surface area contributed by atoms with Crippen LogP contribution in [0.3, 0.4) is 0 Å². The molecule has 2 aromatic rings. The molecule has 1 fully saturated rings. The second-order valence-corrected chi connectivity index (χ2v) is 8.34. The molecule has 166 valence electrons. The van der Waals surface area contributed by atoms with Gasteiger partial charge in [0.05, 0.1) is 29.0 Å². The normalized spacial score (nSPS) is 18.5. The number of H-pyrrole nitrogens is 1. The number of benzene rings is 1. The average molecular weight is 427 g/mol. The van der Waals surface area contributed by atoms with Crippen LogP contribution in [-0.2, 0) is 9.59 Å². The van der Waals surface area contributed by atoms with Gasteiger partial charge in [0, 0.05) is 18.8 Å². The Bertz CT molecular complexity index is 986. The molecular formula is C23H30N4O4. The van der Waals surface area contributed by atoms with E-state index in [-0.39, 0.29) is 17.4 Å². The molecule has 1 aromatic carbocycles. The summed E-state index contributed by atoms with van der Waals surface area (Å²) in [5.74, 6) is -0.814. The minimum Gasteiger partial charge on any atom is -0.507 e. The Kier molecular flexibility index (Phi) is 6.50. The third kappa shape index (κ3) is 4.49. The van der Waals surface area contributed by atoms with E-state index in [1.54, 1.807) is 13.8 Å². The van der Waals surface area contributed by atoms with Crippen LogP contribution in [0, 0.1) is 13.8 Å². The molecule has 1 unspecified atom stereocenters. The van der Waals surface area contributed by atoms with Gasteiger partial charge in [0.15, 0.2) is 0 Å². The van der Waals surface area contributed by atoms with Gasteiger partial charge < -0.3 is 19.6 Å². The maximum absolute atomic E-state index is 13.0. The number of hydrogen-bond donors (Lipinski definition) is 2. The van der Waals surface area contributed by atoms with Crippen LogP contribution in [0.15, 0.2) is 29.8 Å². The van der Waals surface area contributed by atoms with E-state index >= 15 is 0 Å². The molecule has 2 N–H and O–H groups in total. The molecule has 1 aromatic heterocycles. The zero-order valence-electron chi connectivity index (χ0n) is 18.9. The van der Waals surface area contributed by atoms with E-state index in [4.69, 9.17) is 4.74 Å². The maximum atomic E-state index is 13.0. The van der Waals surface area contributed by atoms with Gasteiger partial charge in [-0.3, -0.25) is 14.7 Å². The highest BCUT2D eigenvalue weighted by Crippen LogP contribution is 2.40. The summed E-state index contributed by atoms with van der Waals surface area (Å²) in [4.78, 5) is 29.4. The van der Waals surface area contributed by atoms with Crippen molar-refractivity contribution in [3.63, 3.8) is 0 Å². The average Bonchev–Trinajstić information content (AvgIpc) is 3.16. The largest absolute Gasteiger partial charge is 0.507 e. The van der Waals surface area contributed by atoms with Crippen molar-refractivity contribution in [3.05, 3.63) is 52.4 Å². The number of nitrogens with one attached hydrogen (secondary N) is 1. The number of carbonyl (C=O) groups excluding carboxylic acids is 2. The molecule has 0 spiro atoms. The summed E-state index contributed by atoms with van der Waals surface area (Å²) in [6.07, 6.45) is 0.0311. The van der Waals surface area contributed by atoms with Gasteiger partial charge in [0.2, 0.25) is 0 Å². The summed E-state index contributed by atoms with van der Waals surface area (Å²) in [5.41, 5.74) is 2.46. The van der Waals surface area contributed by atoms with Crippen molar-refractivity contribution in [1.82, 2.24) is 20.0 Å². The molecule has 8 heteroatoms. The highest BCUT2D eigenvalue weighted by atomic mass is 16.5. The van der Waals surface area contributed by atoms with Crippen LogP contribution in [0.5, 0.6) is 5.75 Å². The van der Waals surface area contributed by atoms with Crippen molar-refractivity contribution < 1.29 is 19.4 Å². The molecular weight excluding hydrogens is 396 g/mol. The molecule has 3 rings (SSSR count). The lowest BCUT2D eigenvalue weighted by Crippen LogP contribution is -2.35. The Labute approximate surface area is 182 Å². The van der Waals surface area contributed by atoms with E-state index in [0.29, 0.717) is 35.8 Å². The monoisotopic (exact) mass is 426 g/mol. The number of Topliss-reactive ketones (excluding diaryl/α,β-unsaturated/α-hetero) is 1. The van der Waals surface area contributed by atoms with Crippen molar-refractivity contribution in [2.75, 3.05) is 27.2 Å². The zero-order chi connectivity index (χ0) is 22.9. The topological polar surface area (TPSA) is 98.8 Å². The van der Waals surface area contributed by atoms with Crippen LogP contribution in [0.1, 0.15) is 42.4 Å². The molecule has 0 radical (unpaired) electrons. The summed E-state index contributed by atoms with van der Waals surface area (Å²) < 4.78 is 5.72. The molecule has 0 aliphatic carbocycles. The van der Waals surface area contributed by atoms with Gasteiger partial charge in [-0.2, -0.15) is 5.10 Å². The number of ether oxygens (including phenoxy) is 1. The van der Waals surface area contributed by atoms with Crippen LogP contribution < -0.4 is 4.74 Å². The van der Waals surface area contributed by atoms with Crippen LogP contribution in [0.25, 0.3) is 5.76 Å². The van der Waals surface area contributed by atoms with E-state index in [9.17, 15) is 14.7 Å². The summed E-state index contributed by atoms with van der Waals surface area (Å²) in [6, 6.07) is 6.60. The fourth-order valence-corrected chi connectivity index (χ4v) is 3.80. The van der Waals surface area contributed by atoms with E-state index < -0.39 is 17.7 Å². The number of carbonyl (C=O) groups is 2. The lowest BCUT2D eigenvalue weighted by Gasteiger charge is -2.26. The van der Waals surface area contributed by atoms with E-state index in [1.165, 1.54) is 4.90 Å². The minimum atomic E-state index is -0.693. The van der Waals surface area contributed by atoms with Crippen LogP contribution >= 0.6 is 0 Å². The Morgan fingerprint density at radius 1 is 1.23 bits per heavy atom. The number of ketones is 1. The predicted molar refractivity (Wildman–Crippen MR) is 118 cm³/mol. The number of rotatable bonds is 7. The molecule has 0 saturated carbocycles. The highest BCUT2D eigenvalue weighted by molar-refractivity contribution is 6.46. The first-order valence-electron chi connectivity index (χ1n) is 10.3. The van der Waals surface area contributed by atoms with Crippen molar-refractivity contribution in [3.8, 4) is 5.75 Å². The highest BCUT2D eigenvalue weighted by Gasteiger charge is 2.46. The van der Waals surface area contributed by atoms with Gasteiger partial charge in [-0.05, 0) is 59.5 Å². The number of aliphatic hydroxyl groups excluding tert-OH is 1. The van der Waals surface area contributed by atoms with Crippen molar-refractivity contribution in [1.29, 1.82) is 0 Å². The number of aryl methyl sites for hydroxylation is 2. The number of likely N-dealkylation sites (tertiary alicyclic amines) is 1. The summed E-state index contributed by atoms with van der Waals surface area (Å²) >= 11 is 0. The van der Waals surface area contributed by atoms with Gasteiger partial charge in [-0.15, -0.1) is 0 Å². The van der Waals surface area contributed by atoms with E-state index in [0.717, 1.165) is 5.56 Å². The number of aromatic nitrogens is 2. The van der Waals surface area contributed by atoms with Gasteiger partial charge in [0.1, 0.15) is 11.5 Å². The van der Waals surface area contributed by atoms with Gasteiger partial charge in [0.25, 0.3) is 11.7 Å².